The Kier molecular flexibility index (Phi) is 4.69. The minimum atomic E-state index is -3.52. The van der Waals surface area contributed by atoms with Gasteiger partial charge in [0.05, 0.1) is 5.88 Å². The van der Waals surface area contributed by atoms with E-state index in [1.54, 1.807) is 10.4 Å². The van der Waals surface area contributed by atoms with E-state index in [2.05, 4.69) is 15.9 Å². The summed E-state index contributed by atoms with van der Waals surface area (Å²) in [5.74, 6) is 1.15. The first-order valence-electron chi connectivity index (χ1n) is 7.40. The summed E-state index contributed by atoms with van der Waals surface area (Å²) in [5.41, 5.74) is 0. The Morgan fingerprint density at radius 2 is 2.00 bits per heavy atom. The van der Waals surface area contributed by atoms with Crippen molar-refractivity contribution in [3.63, 3.8) is 0 Å². The summed E-state index contributed by atoms with van der Waals surface area (Å²) in [6.45, 7) is 0.608. The lowest BCUT2D eigenvalue weighted by atomic mass is 9.79. The van der Waals surface area contributed by atoms with Crippen LogP contribution in [-0.2, 0) is 15.9 Å². The zero-order valence-corrected chi connectivity index (χ0v) is 14.9. The number of piperidine rings is 1. The molecule has 1 aromatic heterocycles. The van der Waals surface area contributed by atoms with Crippen molar-refractivity contribution in [1.82, 2.24) is 4.31 Å². The molecule has 0 aromatic carbocycles. The molecule has 1 saturated carbocycles. The standard InChI is InChI=1S/C14H19BrClNO3S/c15-14-13(8-11(9-16)20-14)21(18,19)17-7-3-5-10-4-1-2-6-12(10)17/h8,10,12H,1-7,9H2. The molecular weight excluding hydrogens is 378 g/mol. The van der Waals surface area contributed by atoms with Crippen molar-refractivity contribution in [3.05, 3.63) is 16.5 Å². The fourth-order valence-corrected chi connectivity index (χ4v) is 6.49. The number of nitrogens with zero attached hydrogens (tertiary/aromatic N) is 1. The minimum Gasteiger partial charge on any atom is -0.452 e. The van der Waals surface area contributed by atoms with E-state index in [9.17, 15) is 8.42 Å². The first-order valence-corrected chi connectivity index (χ1v) is 10.2. The van der Waals surface area contributed by atoms with Gasteiger partial charge in [-0.1, -0.05) is 12.8 Å². The molecule has 1 aromatic rings. The highest BCUT2D eigenvalue weighted by Gasteiger charge is 2.41. The highest BCUT2D eigenvalue weighted by Crippen LogP contribution is 2.39. The third-order valence-electron chi connectivity index (χ3n) is 4.62. The molecule has 0 radical (unpaired) electrons. The molecular formula is C14H19BrClNO3S. The smallest absolute Gasteiger partial charge is 0.247 e. The molecule has 1 aliphatic carbocycles. The number of furan rings is 1. The normalized spacial score (nSPS) is 27.5. The van der Waals surface area contributed by atoms with Crippen LogP contribution in [0.1, 0.15) is 44.3 Å². The van der Waals surface area contributed by atoms with Crippen LogP contribution in [0.15, 0.2) is 20.0 Å². The molecule has 0 N–H and O–H groups in total. The van der Waals surface area contributed by atoms with Gasteiger partial charge in [-0.3, -0.25) is 0 Å². The lowest BCUT2D eigenvalue weighted by molar-refractivity contribution is 0.129. The molecule has 2 fully saturated rings. The predicted molar refractivity (Wildman–Crippen MR) is 84.8 cm³/mol. The number of fused-ring (bicyclic) bond motifs is 1. The topological polar surface area (TPSA) is 50.5 Å². The Bertz CT molecular complexity index is 614. The molecule has 118 valence electrons. The minimum absolute atomic E-state index is 0.152. The van der Waals surface area contributed by atoms with Crippen LogP contribution in [0.25, 0.3) is 0 Å². The van der Waals surface area contributed by atoms with Crippen LogP contribution in [-0.4, -0.2) is 25.3 Å². The number of sulfonamides is 1. The van der Waals surface area contributed by atoms with E-state index in [1.807, 2.05) is 0 Å². The quantitative estimate of drug-likeness (QED) is 0.722. The maximum Gasteiger partial charge on any atom is 0.247 e. The van der Waals surface area contributed by atoms with Gasteiger partial charge in [-0.25, -0.2) is 8.42 Å². The highest BCUT2D eigenvalue weighted by atomic mass is 79.9. The van der Waals surface area contributed by atoms with Crippen LogP contribution in [0.2, 0.25) is 0 Å². The first-order chi connectivity index (χ1) is 10.0. The van der Waals surface area contributed by atoms with E-state index < -0.39 is 10.0 Å². The largest absolute Gasteiger partial charge is 0.452 e. The number of hydrogen-bond donors (Lipinski definition) is 0. The summed E-state index contributed by atoms with van der Waals surface area (Å²) >= 11 is 8.95. The second-order valence-corrected chi connectivity index (χ2v) is 8.70. The van der Waals surface area contributed by atoms with Crippen LogP contribution in [0.3, 0.4) is 0 Å². The molecule has 2 aliphatic rings. The molecule has 0 amide bonds. The third-order valence-corrected chi connectivity index (χ3v) is 7.66. The monoisotopic (exact) mass is 395 g/mol. The average molecular weight is 397 g/mol. The first kappa shape index (κ1) is 15.8. The Morgan fingerprint density at radius 3 is 2.71 bits per heavy atom. The van der Waals surface area contributed by atoms with E-state index in [-0.39, 0.29) is 21.5 Å². The van der Waals surface area contributed by atoms with Gasteiger partial charge < -0.3 is 4.42 Å². The fourth-order valence-electron chi connectivity index (χ4n) is 3.64. The molecule has 0 bridgehead atoms. The van der Waals surface area contributed by atoms with Crippen molar-refractivity contribution in [2.75, 3.05) is 6.54 Å². The second-order valence-electron chi connectivity index (χ2n) is 5.85. The Morgan fingerprint density at radius 1 is 1.29 bits per heavy atom. The number of hydrogen-bond acceptors (Lipinski definition) is 3. The molecule has 0 spiro atoms. The van der Waals surface area contributed by atoms with Crippen LogP contribution in [0.5, 0.6) is 0 Å². The number of rotatable bonds is 3. The van der Waals surface area contributed by atoms with Gasteiger partial charge in [-0.05, 0) is 47.5 Å². The SMILES string of the molecule is O=S(=O)(c1cc(CCl)oc1Br)N1CCCC2CCCCC21. The Hall–Kier alpha value is -0.0400. The maximum atomic E-state index is 13.0. The van der Waals surface area contributed by atoms with Crippen molar-refractivity contribution in [3.8, 4) is 0 Å². The van der Waals surface area contributed by atoms with Crippen LogP contribution < -0.4 is 0 Å². The van der Waals surface area contributed by atoms with Gasteiger partial charge in [0.15, 0.2) is 4.67 Å². The van der Waals surface area contributed by atoms with E-state index in [0.29, 0.717) is 18.2 Å². The molecule has 1 saturated heterocycles. The number of halogens is 2. The van der Waals surface area contributed by atoms with Crippen LogP contribution >= 0.6 is 27.5 Å². The third kappa shape index (κ3) is 2.92. The lowest BCUT2D eigenvalue weighted by Gasteiger charge is -2.42. The van der Waals surface area contributed by atoms with Crippen molar-refractivity contribution in [2.24, 2.45) is 5.92 Å². The molecule has 2 heterocycles. The van der Waals surface area contributed by atoms with Crippen LogP contribution in [0.4, 0.5) is 0 Å². The summed E-state index contributed by atoms with van der Waals surface area (Å²) in [4.78, 5) is 0.212. The van der Waals surface area contributed by atoms with Crippen molar-refractivity contribution in [1.29, 1.82) is 0 Å². The summed E-state index contributed by atoms with van der Waals surface area (Å²) in [7, 11) is -3.52. The lowest BCUT2D eigenvalue weighted by Crippen LogP contribution is -2.49. The molecule has 1 aliphatic heterocycles. The number of alkyl halides is 1. The van der Waals surface area contributed by atoms with Gasteiger partial charge in [-0.15, -0.1) is 11.6 Å². The molecule has 21 heavy (non-hydrogen) atoms. The maximum absolute atomic E-state index is 13.0. The van der Waals surface area contributed by atoms with E-state index in [0.717, 1.165) is 32.1 Å². The van der Waals surface area contributed by atoms with Crippen molar-refractivity contribution >= 4 is 37.6 Å². The molecule has 3 rings (SSSR count). The Labute approximate surface area is 139 Å². The molecule has 2 atom stereocenters. The van der Waals surface area contributed by atoms with Gasteiger partial charge in [0, 0.05) is 18.7 Å². The van der Waals surface area contributed by atoms with Gasteiger partial charge >= 0.3 is 0 Å². The second kappa shape index (κ2) is 6.22. The van der Waals surface area contributed by atoms with Gasteiger partial charge in [-0.2, -0.15) is 4.31 Å². The summed E-state index contributed by atoms with van der Waals surface area (Å²) in [6.07, 6.45) is 6.56. The zero-order chi connectivity index (χ0) is 15.0. The Balaban J connectivity index is 1.94. The molecule has 2 unspecified atom stereocenters. The summed E-state index contributed by atoms with van der Waals surface area (Å²) in [6, 6.07) is 1.69. The molecule has 4 nitrogen and oxygen atoms in total. The van der Waals surface area contributed by atoms with Gasteiger partial charge in [0.1, 0.15) is 10.7 Å². The fraction of sp³-hybridized carbons (Fsp3) is 0.714. The van der Waals surface area contributed by atoms with Crippen molar-refractivity contribution < 1.29 is 12.8 Å². The highest BCUT2D eigenvalue weighted by molar-refractivity contribution is 9.10. The van der Waals surface area contributed by atoms with E-state index >= 15 is 0 Å². The van der Waals surface area contributed by atoms with Crippen LogP contribution in [0, 0.1) is 5.92 Å². The zero-order valence-electron chi connectivity index (χ0n) is 11.7. The van der Waals surface area contributed by atoms with Crippen molar-refractivity contribution in [2.45, 2.75) is 55.3 Å². The molecule has 7 heteroatoms. The van der Waals surface area contributed by atoms with E-state index in [4.69, 9.17) is 16.0 Å². The van der Waals surface area contributed by atoms with Gasteiger partial charge in [0.2, 0.25) is 10.0 Å². The van der Waals surface area contributed by atoms with E-state index in [1.165, 1.54) is 6.42 Å². The van der Waals surface area contributed by atoms with Gasteiger partial charge in [0.25, 0.3) is 0 Å². The predicted octanol–water partition coefficient (Wildman–Crippen LogP) is 4.12. The summed E-state index contributed by atoms with van der Waals surface area (Å²) in [5, 5.41) is 0. The average Bonchev–Trinajstić information content (AvgIpc) is 2.88. The summed E-state index contributed by atoms with van der Waals surface area (Å²) < 4.78 is 33.3.